The number of hydrogen-bond acceptors (Lipinski definition) is 5. The number of phenols is 1. The number of hydrogen-bond donors (Lipinski definition) is 2. The molecule has 6 nitrogen and oxygen atoms in total. The van der Waals surface area contributed by atoms with Crippen LogP contribution < -0.4 is 14.9 Å². The van der Waals surface area contributed by atoms with Gasteiger partial charge in [-0.15, -0.1) is 0 Å². The molecular weight excluding hydrogens is 402 g/mol. The van der Waals surface area contributed by atoms with Crippen LogP contribution in [0.25, 0.3) is 0 Å². The number of carbonyl (C=O) groups is 1. The van der Waals surface area contributed by atoms with Crippen LogP contribution in [0.15, 0.2) is 39.9 Å². The average Bonchev–Trinajstić information content (AvgIpc) is 2.57. The Labute approximate surface area is 150 Å². The molecule has 0 aliphatic heterocycles. The van der Waals surface area contributed by atoms with Crippen LogP contribution in [0.2, 0.25) is 0 Å². The molecule has 0 spiro atoms. The molecule has 25 heavy (non-hydrogen) atoms. The second-order valence-electron chi connectivity index (χ2n) is 4.71. The van der Waals surface area contributed by atoms with E-state index >= 15 is 0 Å². The zero-order valence-electron chi connectivity index (χ0n) is 12.9. The summed E-state index contributed by atoms with van der Waals surface area (Å²) in [6, 6.07) is 5.84. The lowest BCUT2D eigenvalue weighted by molar-refractivity contribution is -0.123. The second kappa shape index (κ2) is 8.43. The van der Waals surface area contributed by atoms with E-state index in [1.807, 2.05) is 0 Å². The van der Waals surface area contributed by atoms with Gasteiger partial charge in [-0.1, -0.05) is 0 Å². The second-order valence-corrected chi connectivity index (χ2v) is 5.56. The van der Waals surface area contributed by atoms with Crippen LogP contribution in [0.4, 0.5) is 8.78 Å². The third-order valence-electron chi connectivity index (χ3n) is 2.93. The summed E-state index contributed by atoms with van der Waals surface area (Å²) in [5.74, 6) is -2.35. The highest BCUT2D eigenvalue weighted by Crippen LogP contribution is 2.34. The van der Waals surface area contributed by atoms with Gasteiger partial charge in [0.15, 0.2) is 29.7 Å². The molecule has 2 aromatic rings. The zero-order valence-corrected chi connectivity index (χ0v) is 14.5. The summed E-state index contributed by atoms with van der Waals surface area (Å²) >= 11 is 3.16. The topological polar surface area (TPSA) is 80.2 Å². The van der Waals surface area contributed by atoms with Gasteiger partial charge >= 0.3 is 0 Å². The lowest BCUT2D eigenvalue weighted by Gasteiger charge is -2.07. The van der Waals surface area contributed by atoms with Gasteiger partial charge in [-0.3, -0.25) is 4.79 Å². The highest BCUT2D eigenvalue weighted by molar-refractivity contribution is 9.10. The summed E-state index contributed by atoms with van der Waals surface area (Å²) in [6.07, 6.45) is 1.32. The van der Waals surface area contributed by atoms with E-state index in [9.17, 15) is 18.7 Å². The molecule has 0 saturated heterocycles. The van der Waals surface area contributed by atoms with E-state index in [1.165, 1.54) is 19.4 Å². The maximum atomic E-state index is 13.4. The molecule has 2 N–H and O–H groups in total. The van der Waals surface area contributed by atoms with Crippen LogP contribution in [0, 0.1) is 11.6 Å². The van der Waals surface area contributed by atoms with Crippen molar-refractivity contribution in [3.05, 3.63) is 52.0 Å². The van der Waals surface area contributed by atoms with E-state index in [0.717, 1.165) is 12.1 Å². The third-order valence-corrected chi connectivity index (χ3v) is 3.53. The van der Waals surface area contributed by atoms with Gasteiger partial charge in [-0.05, 0) is 45.8 Å². The quantitative estimate of drug-likeness (QED) is 0.562. The number of nitrogens with one attached hydrogen (secondary N) is 1. The van der Waals surface area contributed by atoms with Gasteiger partial charge in [0, 0.05) is 6.07 Å². The zero-order chi connectivity index (χ0) is 18.4. The molecule has 132 valence electrons. The Balaban J connectivity index is 1.91. The molecule has 0 bridgehead atoms. The lowest BCUT2D eigenvalue weighted by atomic mass is 10.2. The predicted octanol–water partition coefficient (Wildman–Crippen LogP) is 2.97. The minimum Gasteiger partial charge on any atom is -0.503 e. The Kier molecular flexibility index (Phi) is 6.29. The largest absolute Gasteiger partial charge is 0.503 e. The number of halogens is 3. The highest BCUT2D eigenvalue weighted by atomic mass is 79.9. The molecule has 0 aliphatic rings. The SMILES string of the molecule is COc1cc(/C=N\NC(=O)COc2ccc(F)cc2F)cc(Br)c1O. The van der Waals surface area contributed by atoms with E-state index in [-0.39, 0.29) is 17.2 Å². The molecule has 9 heteroatoms. The van der Waals surface area contributed by atoms with Crippen LogP contribution in [0.3, 0.4) is 0 Å². The van der Waals surface area contributed by atoms with Crippen molar-refractivity contribution in [2.75, 3.05) is 13.7 Å². The predicted molar refractivity (Wildman–Crippen MR) is 89.9 cm³/mol. The summed E-state index contributed by atoms with van der Waals surface area (Å²) in [7, 11) is 1.40. The maximum Gasteiger partial charge on any atom is 0.277 e. The number of methoxy groups -OCH3 is 1. The normalized spacial score (nSPS) is 10.7. The molecule has 2 rings (SSSR count). The molecular formula is C16H13BrF2N2O4. The van der Waals surface area contributed by atoms with Crippen LogP contribution in [0.1, 0.15) is 5.56 Å². The van der Waals surface area contributed by atoms with Crippen molar-refractivity contribution in [2.24, 2.45) is 5.10 Å². The molecule has 0 unspecified atom stereocenters. The van der Waals surface area contributed by atoms with Gasteiger partial charge < -0.3 is 14.6 Å². The fourth-order valence-electron chi connectivity index (χ4n) is 1.77. The molecule has 0 heterocycles. The van der Waals surface area contributed by atoms with Gasteiger partial charge in [0.1, 0.15) is 5.82 Å². The van der Waals surface area contributed by atoms with E-state index in [2.05, 4.69) is 26.5 Å². The third kappa shape index (κ3) is 5.15. The Morgan fingerprint density at radius 1 is 1.32 bits per heavy atom. The summed E-state index contributed by atoms with van der Waals surface area (Å²) < 4.78 is 36.4. The summed E-state index contributed by atoms with van der Waals surface area (Å²) in [5.41, 5.74) is 2.74. The van der Waals surface area contributed by atoms with Crippen molar-refractivity contribution in [1.29, 1.82) is 0 Å². The summed E-state index contributed by atoms with van der Waals surface area (Å²) in [4.78, 5) is 11.6. The number of amides is 1. The molecule has 0 saturated carbocycles. The van der Waals surface area contributed by atoms with Crippen LogP contribution >= 0.6 is 15.9 Å². The smallest absolute Gasteiger partial charge is 0.277 e. The van der Waals surface area contributed by atoms with Gasteiger partial charge in [0.25, 0.3) is 5.91 Å². The van der Waals surface area contributed by atoms with Gasteiger partial charge in [0.2, 0.25) is 0 Å². The molecule has 1 amide bonds. The molecule has 0 fully saturated rings. The number of carbonyl (C=O) groups excluding carboxylic acids is 1. The molecule has 0 aromatic heterocycles. The number of ether oxygens (including phenoxy) is 2. The Bertz CT molecular complexity index is 815. The fraction of sp³-hybridized carbons (Fsp3) is 0.125. The van der Waals surface area contributed by atoms with Crippen molar-refractivity contribution in [3.8, 4) is 17.2 Å². The van der Waals surface area contributed by atoms with Crippen molar-refractivity contribution in [1.82, 2.24) is 5.43 Å². The van der Waals surface area contributed by atoms with Crippen LogP contribution in [0.5, 0.6) is 17.2 Å². The Morgan fingerprint density at radius 2 is 2.08 bits per heavy atom. The summed E-state index contributed by atoms with van der Waals surface area (Å²) in [6.45, 7) is -0.498. The number of rotatable bonds is 6. The standard InChI is InChI=1S/C16H13BrF2N2O4/c1-24-14-5-9(4-11(17)16(14)23)7-20-21-15(22)8-25-13-3-2-10(18)6-12(13)19/h2-7,23H,8H2,1H3,(H,21,22)/b20-7-. The number of benzene rings is 2. The first-order valence-corrected chi connectivity index (χ1v) is 7.66. The maximum absolute atomic E-state index is 13.4. The van der Waals surface area contributed by atoms with E-state index in [0.29, 0.717) is 16.1 Å². The van der Waals surface area contributed by atoms with Crippen molar-refractivity contribution in [3.63, 3.8) is 0 Å². The van der Waals surface area contributed by atoms with Crippen molar-refractivity contribution < 1.29 is 28.2 Å². The number of nitrogens with zero attached hydrogens (tertiary/aromatic N) is 1. The molecule has 0 aliphatic carbocycles. The van der Waals surface area contributed by atoms with Gasteiger partial charge in [0.05, 0.1) is 17.8 Å². The molecule has 2 aromatic carbocycles. The minimum absolute atomic E-state index is 0.0570. The van der Waals surface area contributed by atoms with Gasteiger partial charge in [-0.25, -0.2) is 14.2 Å². The Morgan fingerprint density at radius 3 is 2.76 bits per heavy atom. The molecule has 0 radical (unpaired) electrons. The van der Waals surface area contributed by atoms with Crippen molar-refractivity contribution >= 4 is 28.1 Å². The first-order chi connectivity index (χ1) is 11.9. The lowest BCUT2D eigenvalue weighted by Crippen LogP contribution is -2.24. The highest BCUT2D eigenvalue weighted by Gasteiger charge is 2.09. The number of hydrazone groups is 1. The average molecular weight is 415 g/mol. The van der Waals surface area contributed by atoms with Crippen LogP contribution in [-0.2, 0) is 4.79 Å². The van der Waals surface area contributed by atoms with Crippen LogP contribution in [-0.4, -0.2) is 30.9 Å². The van der Waals surface area contributed by atoms with E-state index in [4.69, 9.17) is 9.47 Å². The van der Waals surface area contributed by atoms with Gasteiger partial charge in [-0.2, -0.15) is 5.10 Å². The number of phenolic OH excluding ortho intramolecular Hbond substituents is 1. The fourth-order valence-corrected chi connectivity index (χ4v) is 2.23. The van der Waals surface area contributed by atoms with Crippen molar-refractivity contribution in [2.45, 2.75) is 0 Å². The summed E-state index contributed by atoms with van der Waals surface area (Å²) in [5, 5.41) is 13.4. The van der Waals surface area contributed by atoms with E-state index < -0.39 is 24.1 Å². The minimum atomic E-state index is -0.905. The Hall–Kier alpha value is -2.68. The number of aromatic hydroxyl groups is 1. The molecule has 0 atom stereocenters. The first-order valence-electron chi connectivity index (χ1n) is 6.87. The van der Waals surface area contributed by atoms with E-state index in [1.54, 1.807) is 6.07 Å². The monoisotopic (exact) mass is 414 g/mol. The first kappa shape index (κ1) is 18.7.